The summed E-state index contributed by atoms with van der Waals surface area (Å²) in [6, 6.07) is 0.553. The molecular weight excluding hydrogens is 433 g/mol. The Labute approximate surface area is 190 Å². The number of rotatable bonds is 6. The van der Waals surface area contributed by atoms with Crippen molar-refractivity contribution in [1.29, 1.82) is 0 Å². The number of nitrogens with one attached hydrogen (secondary N) is 2. The van der Waals surface area contributed by atoms with Crippen molar-refractivity contribution >= 4 is 42.6 Å². The highest BCUT2D eigenvalue weighted by Gasteiger charge is 2.36. The quantitative estimate of drug-likeness (QED) is 0.475. The minimum absolute atomic E-state index is 0. The number of piperidine rings is 2. The summed E-state index contributed by atoms with van der Waals surface area (Å²) in [5, 5.41) is 19.0. The summed E-state index contributed by atoms with van der Waals surface area (Å²) in [5.41, 5.74) is -0.0913. The normalized spacial score (nSPS) is 21.6. The van der Waals surface area contributed by atoms with Crippen LogP contribution < -0.4 is 10.6 Å². The second-order valence-corrected chi connectivity index (χ2v) is 7.76. The molecule has 3 N–H and O–H groups in total. The van der Waals surface area contributed by atoms with Gasteiger partial charge in [-0.05, 0) is 51.9 Å². The molecule has 3 fully saturated rings. The van der Waals surface area contributed by atoms with Crippen molar-refractivity contribution in [1.82, 2.24) is 25.6 Å². The van der Waals surface area contributed by atoms with Crippen molar-refractivity contribution in [3.05, 3.63) is 5.70 Å². The van der Waals surface area contributed by atoms with Gasteiger partial charge in [-0.15, -0.1) is 24.8 Å². The van der Waals surface area contributed by atoms with Crippen LogP contribution in [0.1, 0.15) is 32.1 Å². The Bertz CT molecular complexity index is 612. The zero-order chi connectivity index (χ0) is 19.9. The van der Waals surface area contributed by atoms with Gasteiger partial charge in [0.25, 0.3) is 0 Å². The van der Waals surface area contributed by atoms with E-state index in [-0.39, 0.29) is 42.3 Å². The molecule has 0 unspecified atom stereocenters. The van der Waals surface area contributed by atoms with Crippen LogP contribution in [0.4, 0.5) is 0 Å². The fraction of sp³-hybridized carbons (Fsp3) is 0.789. The molecule has 172 valence electrons. The summed E-state index contributed by atoms with van der Waals surface area (Å²) in [4.78, 5) is 38.4. The van der Waals surface area contributed by atoms with Crippen LogP contribution in [-0.2, 0) is 14.4 Å². The Morgan fingerprint density at radius 1 is 0.933 bits per heavy atom. The molecule has 0 bridgehead atoms. The molecule has 0 atom stereocenters. The SMILES string of the molecule is Cl.Cl.O=C=C(CC(=O)O)N(C(=O)C1CCNCC1)N1CCN(C2CCNCC2)CC1. The summed E-state index contributed by atoms with van der Waals surface area (Å²) in [6.45, 7) is 6.39. The standard InChI is InChI=1S/C19H31N5O4.2ClH/c25-14-17(13-18(26)27)24(19(28)15-1-5-20-6-2-15)23-11-9-22(10-12-23)16-3-7-21-8-4-16;;/h15-16,20-21H,1-13H2,(H,26,27);2*1H. The molecule has 30 heavy (non-hydrogen) atoms. The van der Waals surface area contributed by atoms with Crippen LogP contribution in [-0.4, -0.2) is 96.2 Å². The lowest BCUT2D eigenvalue weighted by Crippen LogP contribution is -2.59. The lowest BCUT2D eigenvalue weighted by atomic mass is 9.96. The van der Waals surface area contributed by atoms with Crippen LogP contribution in [0, 0.1) is 5.92 Å². The van der Waals surface area contributed by atoms with E-state index in [2.05, 4.69) is 15.5 Å². The number of carboxylic acid groups (broad SMARTS) is 1. The molecular formula is C19H33Cl2N5O4. The molecule has 1 amide bonds. The van der Waals surface area contributed by atoms with Gasteiger partial charge in [-0.2, -0.15) is 0 Å². The first kappa shape index (κ1) is 26.8. The van der Waals surface area contributed by atoms with Crippen LogP contribution in [0.2, 0.25) is 0 Å². The van der Waals surface area contributed by atoms with Crippen molar-refractivity contribution in [3.63, 3.8) is 0 Å². The highest BCUT2D eigenvalue weighted by Crippen LogP contribution is 2.23. The van der Waals surface area contributed by atoms with Crippen molar-refractivity contribution < 1.29 is 19.5 Å². The van der Waals surface area contributed by atoms with Gasteiger partial charge in [-0.1, -0.05) is 0 Å². The number of carboxylic acids is 1. The van der Waals surface area contributed by atoms with E-state index in [1.165, 1.54) is 5.01 Å². The average molecular weight is 466 g/mol. The van der Waals surface area contributed by atoms with E-state index in [4.69, 9.17) is 0 Å². The van der Waals surface area contributed by atoms with E-state index in [0.717, 1.165) is 52.1 Å². The predicted molar refractivity (Wildman–Crippen MR) is 117 cm³/mol. The maximum absolute atomic E-state index is 13.2. The molecule has 0 aliphatic carbocycles. The van der Waals surface area contributed by atoms with Gasteiger partial charge in [-0.3, -0.25) is 14.5 Å². The molecule has 9 nitrogen and oxygen atoms in total. The number of carbonyl (C=O) groups is 2. The minimum atomic E-state index is -1.13. The molecule has 11 heteroatoms. The van der Waals surface area contributed by atoms with Crippen LogP contribution >= 0.6 is 24.8 Å². The van der Waals surface area contributed by atoms with Gasteiger partial charge in [0.1, 0.15) is 11.6 Å². The molecule has 3 rings (SSSR count). The van der Waals surface area contributed by atoms with Crippen LogP contribution in [0.5, 0.6) is 0 Å². The topological polar surface area (TPSA) is 105 Å². The van der Waals surface area contributed by atoms with Gasteiger partial charge in [-0.25, -0.2) is 14.8 Å². The third-order valence-corrected chi connectivity index (χ3v) is 5.99. The number of hydrogen-bond donors (Lipinski definition) is 3. The van der Waals surface area contributed by atoms with E-state index in [9.17, 15) is 19.5 Å². The molecule has 0 saturated carbocycles. The number of aliphatic carboxylic acids is 1. The molecule has 3 aliphatic heterocycles. The first-order valence-corrected chi connectivity index (χ1v) is 10.3. The summed E-state index contributed by atoms with van der Waals surface area (Å²) in [5.74, 6) is 0.244. The van der Waals surface area contributed by atoms with Crippen LogP contribution in [0.25, 0.3) is 0 Å². The van der Waals surface area contributed by atoms with Gasteiger partial charge < -0.3 is 15.7 Å². The molecule has 0 radical (unpaired) electrons. The van der Waals surface area contributed by atoms with E-state index in [1.807, 2.05) is 5.01 Å². The average Bonchev–Trinajstić information content (AvgIpc) is 2.74. The Balaban J connectivity index is 0.00000225. The maximum atomic E-state index is 13.2. The summed E-state index contributed by atoms with van der Waals surface area (Å²) in [7, 11) is 0. The summed E-state index contributed by atoms with van der Waals surface area (Å²) < 4.78 is 0. The van der Waals surface area contributed by atoms with Crippen molar-refractivity contribution in [2.45, 2.75) is 38.1 Å². The van der Waals surface area contributed by atoms with Gasteiger partial charge >= 0.3 is 5.97 Å². The number of nitrogens with zero attached hydrogens (tertiary/aromatic N) is 3. The summed E-state index contributed by atoms with van der Waals surface area (Å²) >= 11 is 0. The molecule has 3 heterocycles. The molecule has 3 aliphatic rings. The van der Waals surface area contributed by atoms with E-state index >= 15 is 0 Å². The molecule has 0 spiro atoms. The van der Waals surface area contributed by atoms with E-state index < -0.39 is 12.4 Å². The fourth-order valence-corrected chi connectivity index (χ4v) is 4.43. The van der Waals surface area contributed by atoms with Crippen molar-refractivity contribution in [2.24, 2.45) is 5.92 Å². The smallest absolute Gasteiger partial charge is 0.310 e. The minimum Gasteiger partial charge on any atom is -0.481 e. The van der Waals surface area contributed by atoms with Crippen molar-refractivity contribution in [2.75, 3.05) is 52.4 Å². The van der Waals surface area contributed by atoms with Crippen LogP contribution in [0.15, 0.2) is 5.70 Å². The number of amides is 1. The number of halogens is 2. The highest BCUT2D eigenvalue weighted by molar-refractivity contribution is 5.86. The Hall–Kier alpha value is -1.19. The highest BCUT2D eigenvalue weighted by atomic mass is 35.5. The van der Waals surface area contributed by atoms with Crippen LogP contribution in [0.3, 0.4) is 0 Å². The summed E-state index contributed by atoms with van der Waals surface area (Å²) in [6.07, 6.45) is 3.15. The molecule has 0 aromatic carbocycles. The fourth-order valence-electron chi connectivity index (χ4n) is 4.43. The Morgan fingerprint density at radius 2 is 1.47 bits per heavy atom. The van der Waals surface area contributed by atoms with Gasteiger partial charge in [0.05, 0.1) is 6.42 Å². The van der Waals surface area contributed by atoms with Crippen molar-refractivity contribution in [3.8, 4) is 0 Å². The zero-order valence-corrected chi connectivity index (χ0v) is 18.8. The number of hydrazine groups is 1. The molecule has 0 aromatic heterocycles. The first-order chi connectivity index (χ1) is 13.6. The third-order valence-electron chi connectivity index (χ3n) is 5.99. The Morgan fingerprint density at radius 3 is 1.97 bits per heavy atom. The largest absolute Gasteiger partial charge is 0.481 e. The van der Waals surface area contributed by atoms with Gasteiger partial charge in [0, 0.05) is 38.1 Å². The lowest BCUT2D eigenvalue weighted by molar-refractivity contribution is -0.154. The van der Waals surface area contributed by atoms with E-state index in [0.29, 0.717) is 32.0 Å². The number of piperazine rings is 1. The predicted octanol–water partition coefficient (Wildman–Crippen LogP) is 0.133. The lowest BCUT2D eigenvalue weighted by Gasteiger charge is -2.45. The molecule has 0 aromatic rings. The third kappa shape index (κ3) is 6.92. The maximum Gasteiger partial charge on any atom is 0.310 e. The zero-order valence-electron chi connectivity index (χ0n) is 17.2. The second kappa shape index (κ2) is 13.3. The first-order valence-electron chi connectivity index (χ1n) is 10.3. The Kier molecular flexibility index (Phi) is 11.9. The molecule has 3 saturated heterocycles. The monoisotopic (exact) mass is 465 g/mol. The van der Waals surface area contributed by atoms with E-state index in [1.54, 1.807) is 5.94 Å². The van der Waals surface area contributed by atoms with Gasteiger partial charge in [0.15, 0.2) is 0 Å². The second-order valence-electron chi connectivity index (χ2n) is 7.76. The number of carbonyl (C=O) groups excluding carboxylic acids is 2. The van der Waals surface area contributed by atoms with Gasteiger partial charge in [0.2, 0.25) is 5.91 Å². The number of hydrogen-bond acceptors (Lipinski definition) is 7.